The fourth-order valence-electron chi connectivity index (χ4n) is 2.25. The second kappa shape index (κ2) is 4.93. The fraction of sp³-hybridized carbons (Fsp3) is 0.214. The number of fused-ring (bicyclic) bond motifs is 1. The number of carbonyl (C=O) groups excluding carboxylic acids is 2. The van der Waals surface area contributed by atoms with Crippen LogP contribution in [-0.2, 0) is 16.0 Å². The lowest BCUT2D eigenvalue weighted by atomic mass is 10.1. The molecule has 3 rings (SSSR count). The summed E-state index contributed by atoms with van der Waals surface area (Å²) in [5.74, 6) is -0.494. The van der Waals surface area contributed by atoms with E-state index >= 15 is 0 Å². The van der Waals surface area contributed by atoms with Gasteiger partial charge in [-0.3, -0.25) is 4.79 Å². The molecule has 1 aliphatic heterocycles. The molecule has 0 spiro atoms. The Morgan fingerprint density at radius 1 is 1.52 bits per heavy atom. The van der Waals surface area contributed by atoms with Gasteiger partial charge in [-0.15, -0.1) is 0 Å². The topological polar surface area (TPSA) is 99.2 Å². The van der Waals surface area contributed by atoms with Crippen molar-refractivity contribution in [2.75, 3.05) is 17.7 Å². The molecule has 0 fully saturated rings. The Morgan fingerprint density at radius 3 is 3.10 bits per heavy atom. The van der Waals surface area contributed by atoms with Crippen LogP contribution in [0.1, 0.15) is 22.8 Å². The second-order valence-electron chi connectivity index (χ2n) is 4.69. The zero-order valence-electron chi connectivity index (χ0n) is 11.4. The molecule has 0 atom stereocenters. The molecule has 0 radical (unpaired) electrons. The van der Waals surface area contributed by atoms with E-state index in [1.807, 2.05) is 0 Å². The second-order valence-corrected chi connectivity index (χ2v) is 4.69. The van der Waals surface area contributed by atoms with E-state index in [0.717, 1.165) is 11.3 Å². The average Bonchev–Trinajstić information content (AvgIpc) is 3.03. The molecule has 1 aromatic heterocycles. The van der Waals surface area contributed by atoms with Gasteiger partial charge in [0.25, 0.3) is 0 Å². The van der Waals surface area contributed by atoms with Crippen LogP contribution in [0, 0.1) is 0 Å². The molecule has 2 heterocycles. The number of carbonyl (C=O) groups is 2. The number of amides is 1. The van der Waals surface area contributed by atoms with E-state index in [4.69, 9.17) is 10.5 Å². The molecule has 1 aliphatic rings. The van der Waals surface area contributed by atoms with E-state index in [9.17, 15) is 9.59 Å². The molecule has 0 saturated carbocycles. The predicted octanol–water partition coefficient (Wildman–Crippen LogP) is 1.13. The Bertz CT molecular complexity index is 736. The molecule has 7 heteroatoms. The van der Waals surface area contributed by atoms with Crippen LogP contribution in [0.3, 0.4) is 0 Å². The maximum Gasteiger partial charge on any atom is 0.341 e. The largest absolute Gasteiger partial charge is 0.462 e. The van der Waals surface area contributed by atoms with Crippen molar-refractivity contribution in [1.82, 2.24) is 9.78 Å². The fourth-order valence-corrected chi connectivity index (χ4v) is 2.25. The van der Waals surface area contributed by atoms with Crippen molar-refractivity contribution in [3.8, 4) is 5.69 Å². The molecule has 1 amide bonds. The van der Waals surface area contributed by atoms with Gasteiger partial charge in [0.2, 0.25) is 5.91 Å². The molecule has 0 unspecified atom stereocenters. The maximum atomic E-state index is 11.6. The van der Waals surface area contributed by atoms with E-state index in [1.165, 1.54) is 10.9 Å². The van der Waals surface area contributed by atoms with E-state index in [-0.39, 0.29) is 5.91 Å². The third-order valence-electron chi connectivity index (χ3n) is 3.22. The number of esters is 1. The lowest BCUT2D eigenvalue weighted by Gasteiger charge is -2.08. The molecule has 0 saturated heterocycles. The first-order valence-electron chi connectivity index (χ1n) is 6.53. The van der Waals surface area contributed by atoms with Crippen molar-refractivity contribution in [1.29, 1.82) is 0 Å². The summed E-state index contributed by atoms with van der Waals surface area (Å²) in [5.41, 5.74) is 9.02. The molecule has 3 N–H and O–H groups in total. The first-order chi connectivity index (χ1) is 10.1. The van der Waals surface area contributed by atoms with Gasteiger partial charge in [0.05, 0.1) is 36.2 Å². The number of anilines is 2. The number of nitrogens with one attached hydrogen (secondary N) is 1. The van der Waals surface area contributed by atoms with E-state index in [1.54, 1.807) is 25.3 Å². The smallest absolute Gasteiger partial charge is 0.341 e. The molecule has 2 aromatic rings. The minimum Gasteiger partial charge on any atom is -0.462 e. The first-order valence-corrected chi connectivity index (χ1v) is 6.53. The summed E-state index contributed by atoms with van der Waals surface area (Å²) in [6.45, 7) is 2.04. The third-order valence-corrected chi connectivity index (χ3v) is 3.22. The molecule has 7 nitrogen and oxygen atoms in total. The number of rotatable bonds is 3. The first kappa shape index (κ1) is 13.2. The minimum absolute atomic E-state index is 0.0609. The lowest BCUT2D eigenvalue weighted by molar-refractivity contribution is -0.115. The van der Waals surface area contributed by atoms with Crippen molar-refractivity contribution in [3.05, 3.63) is 35.7 Å². The summed E-state index contributed by atoms with van der Waals surface area (Å²) >= 11 is 0. The van der Waals surface area contributed by atoms with Gasteiger partial charge >= 0.3 is 5.97 Å². The Kier molecular flexibility index (Phi) is 3.09. The van der Waals surface area contributed by atoms with Crippen molar-refractivity contribution in [2.45, 2.75) is 13.3 Å². The van der Waals surface area contributed by atoms with Crippen LogP contribution < -0.4 is 11.1 Å². The van der Waals surface area contributed by atoms with Gasteiger partial charge in [0, 0.05) is 11.9 Å². The molecule has 21 heavy (non-hydrogen) atoms. The van der Waals surface area contributed by atoms with Gasteiger partial charge in [0.15, 0.2) is 0 Å². The highest BCUT2D eigenvalue weighted by Gasteiger charge is 2.20. The number of aromatic nitrogens is 2. The number of nitrogens with zero attached hydrogens (tertiary/aromatic N) is 2. The minimum atomic E-state index is -0.434. The van der Waals surface area contributed by atoms with Gasteiger partial charge in [-0.05, 0) is 24.6 Å². The van der Waals surface area contributed by atoms with Gasteiger partial charge < -0.3 is 15.8 Å². The van der Waals surface area contributed by atoms with Crippen molar-refractivity contribution < 1.29 is 14.3 Å². The van der Waals surface area contributed by atoms with Crippen LogP contribution in [0.2, 0.25) is 0 Å². The number of ether oxygens (including phenoxy) is 1. The van der Waals surface area contributed by atoms with Crippen LogP contribution in [-0.4, -0.2) is 28.3 Å². The Balaban J connectivity index is 1.96. The van der Waals surface area contributed by atoms with Crippen LogP contribution >= 0.6 is 0 Å². The highest BCUT2D eigenvalue weighted by atomic mass is 16.5. The summed E-state index contributed by atoms with van der Waals surface area (Å²) in [5, 5.41) is 6.88. The number of nitrogens with two attached hydrogens (primary N) is 1. The van der Waals surface area contributed by atoms with Crippen LogP contribution in [0.25, 0.3) is 5.69 Å². The Morgan fingerprint density at radius 2 is 2.33 bits per heavy atom. The Labute approximate surface area is 120 Å². The van der Waals surface area contributed by atoms with Crippen LogP contribution in [0.5, 0.6) is 0 Å². The summed E-state index contributed by atoms with van der Waals surface area (Å²) < 4.78 is 6.41. The zero-order chi connectivity index (χ0) is 15.0. The summed E-state index contributed by atoms with van der Waals surface area (Å²) in [7, 11) is 0. The zero-order valence-corrected chi connectivity index (χ0v) is 11.4. The van der Waals surface area contributed by atoms with Crippen molar-refractivity contribution in [2.24, 2.45) is 0 Å². The van der Waals surface area contributed by atoms with Gasteiger partial charge in [-0.1, -0.05) is 0 Å². The van der Waals surface area contributed by atoms with Gasteiger partial charge in [0.1, 0.15) is 0 Å². The van der Waals surface area contributed by atoms with Crippen molar-refractivity contribution in [3.63, 3.8) is 0 Å². The van der Waals surface area contributed by atoms with E-state index in [2.05, 4.69) is 10.4 Å². The quantitative estimate of drug-likeness (QED) is 0.650. The summed E-state index contributed by atoms with van der Waals surface area (Å²) in [4.78, 5) is 23.0. The van der Waals surface area contributed by atoms with E-state index in [0.29, 0.717) is 30.0 Å². The summed E-state index contributed by atoms with van der Waals surface area (Å²) in [6, 6.07) is 3.49. The average molecular weight is 286 g/mol. The van der Waals surface area contributed by atoms with Gasteiger partial charge in [-0.25, -0.2) is 9.48 Å². The van der Waals surface area contributed by atoms with Gasteiger partial charge in [-0.2, -0.15) is 5.10 Å². The molecular weight excluding hydrogens is 272 g/mol. The maximum absolute atomic E-state index is 11.6. The molecular formula is C14H14N4O3. The number of hydrogen-bond donors (Lipinski definition) is 2. The monoisotopic (exact) mass is 286 g/mol. The standard InChI is InChI=1S/C14H14N4O3/c1-2-21-14(20)9-6-16-18(7-9)12-5-11-8(3-10(12)15)4-13(19)17-11/h3,5-7H,2,4,15H2,1H3,(H,17,19). The number of nitrogen functional groups attached to an aromatic ring is 1. The highest BCUT2D eigenvalue weighted by Crippen LogP contribution is 2.30. The third kappa shape index (κ3) is 2.33. The Hall–Kier alpha value is -2.83. The van der Waals surface area contributed by atoms with Crippen molar-refractivity contribution >= 4 is 23.3 Å². The van der Waals surface area contributed by atoms with Crippen LogP contribution in [0.15, 0.2) is 24.5 Å². The number of hydrogen-bond acceptors (Lipinski definition) is 5. The SMILES string of the molecule is CCOC(=O)c1cnn(-c2cc3c(cc2N)CC(=O)N3)c1. The molecule has 0 bridgehead atoms. The van der Waals surface area contributed by atoms with E-state index < -0.39 is 5.97 Å². The normalized spacial score (nSPS) is 12.9. The summed E-state index contributed by atoms with van der Waals surface area (Å²) in [6.07, 6.45) is 3.29. The molecule has 108 valence electrons. The van der Waals surface area contributed by atoms with Crippen LogP contribution in [0.4, 0.5) is 11.4 Å². The molecule has 0 aliphatic carbocycles. The predicted molar refractivity (Wildman–Crippen MR) is 76.3 cm³/mol. The highest BCUT2D eigenvalue weighted by molar-refractivity contribution is 6.00. The lowest BCUT2D eigenvalue weighted by Crippen LogP contribution is -2.05. The number of benzene rings is 1. The molecule has 1 aromatic carbocycles.